The van der Waals surface area contributed by atoms with Crippen LogP contribution in [0.5, 0.6) is 0 Å². The molecule has 4 nitrogen and oxygen atoms in total. The predicted molar refractivity (Wildman–Crippen MR) is 117 cm³/mol. The van der Waals surface area contributed by atoms with E-state index in [9.17, 15) is 4.79 Å². The monoisotopic (exact) mass is 399 g/mol. The predicted octanol–water partition coefficient (Wildman–Crippen LogP) is 5.38. The number of nitrogens with one attached hydrogen (secondary N) is 1. The van der Waals surface area contributed by atoms with Gasteiger partial charge in [-0.05, 0) is 43.6 Å². The van der Waals surface area contributed by atoms with E-state index in [0.29, 0.717) is 37.5 Å². The first-order valence-corrected chi connectivity index (χ1v) is 11.2. The van der Waals surface area contributed by atoms with E-state index in [1.165, 1.54) is 11.1 Å². The Labute approximate surface area is 176 Å². The number of hydrogen-bond acceptors (Lipinski definition) is 3. The van der Waals surface area contributed by atoms with Gasteiger partial charge in [0.15, 0.2) is 0 Å². The van der Waals surface area contributed by atoms with E-state index >= 15 is 0 Å². The highest BCUT2D eigenvalue weighted by Crippen LogP contribution is 2.53. The number of allylic oxidation sites excluding steroid dienone is 1. The maximum atomic E-state index is 12.1. The minimum atomic E-state index is -0.304. The minimum absolute atomic E-state index is 0.143. The first-order chi connectivity index (χ1) is 14.0. The summed E-state index contributed by atoms with van der Waals surface area (Å²) in [5.74, 6) is 1.13. The zero-order valence-corrected chi connectivity index (χ0v) is 18.4. The third kappa shape index (κ3) is 4.85. The first-order valence-electron chi connectivity index (χ1n) is 11.2. The summed E-state index contributed by atoms with van der Waals surface area (Å²) in [6.07, 6.45) is 6.39. The number of rotatable bonds is 8. The van der Waals surface area contributed by atoms with Crippen molar-refractivity contribution in [2.45, 2.75) is 59.5 Å². The molecule has 0 aromatic heterocycles. The van der Waals surface area contributed by atoms with Crippen LogP contribution in [0, 0.1) is 23.2 Å². The van der Waals surface area contributed by atoms with Gasteiger partial charge in [0.2, 0.25) is 0 Å². The van der Waals surface area contributed by atoms with Crippen molar-refractivity contribution in [2.24, 2.45) is 23.2 Å². The van der Waals surface area contributed by atoms with Crippen molar-refractivity contribution in [2.75, 3.05) is 19.8 Å². The molecule has 1 saturated heterocycles. The van der Waals surface area contributed by atoms with Crippen molar-refractivity contribution < 1.29 is 14.3 Å². The second kappa shape index (κ2) is 9.80. The third-order valence-electron chi connectivity index (χ3n) is 7.19. The molecular formula is C25H37NO3. The van der Waals surface area contributed by atoms with Crippen molar-refractivity contribution >= 4 is 6.09 Å². The van der Waals surface area contributed by atoms with Crippen LogP contribution in [0.2, 0.25) is 0 Å². The maximum absolute atomic E-state index is 12.1. The molecular weight excluding hydrogens is 362 g/mol. The average molecular weight is 400 g/mol. The molecule has 3 unspecified atom stereocenters. The smallest absolute Gasteiger partial charge is 0.407 e. The second-order valence-electron chi connectivity index (χ2n) is 8.98. The van der Waals surface area contributed by atoms with Gasteiger partial charge in [-0.1, -0.05) is 69.2 Å². The molecule has 1 aromatic carbocycles. The lowest BCUT2D eigenvalue weighted by atomic mass is 9.56. The molecule has 1 aromatic rings. The number of alkyl carbamates (subject to hydrolysis) is 1. The van der Waals surface area contributed by atoms with Gasteiger partial charge in [0.05, 0.1) is 12.7 Å². The zero-order valence-electron chi connectivity index (χ0n) is 18.4. The number of hydrogen-bond donors (Lipinski definition) is 1. The lowest BCUT2D eigenvalue weighted by Crippen LogP contribution is -2.57. The molecule has 3 rings (SSSR count). The molecule has 0 radical (unpaired) electrons. The van der Waals surface area contributed by atoms with Crippen molar-refractivity contribution in [1.29, 1.82) is 0 Å². The molecule has 2 aliphatic rings. The molecule has 5 atom stereocenters. The molecule has 0 spiro atoms. The van der Waals surface area contributed by atoms with Crippen LogP contribution in [-0.4, -0.2) is 32.0 Å². The van der Waals surface area contributed by atoms with E-state index in [4.69, 9.17) is 9.47 Å². The van der Waals surface area contributed by atoms with E-state index in [-0.39, 0.29) is 17.6 Å². The van der Waals surface area contributed by atoms with Crippen LogP contribution in [0.25, 0.3) is 0 Å². The summed E-state index contributed by atoms with van der Waals surface area (Å²) in [4.78, 5) is 12.1. The van der Waals surface area contributed by atoms with Crippen molar-refractivity contribution in [3.8, 4) is 0 Å². The number of unbranched alkanes of at least 4 members (excludes halogenated alkanes) is 1. The molecule has 1 amide bonds. The Morgan fingerprint density at radius 1 is 1.28 bits per heavy atom. The van der Waals surface area contributed by atoms with Crippen molar-refractivity contribution in [3.05, 3.63) is 47.5 Å². The SMILES string of the molecule is CCCCNC(=O)OC[C@]12COC(CCc3ccccc3)C(C(C)=CC1C)[C@@H]2C. The average Bonchev–Trinajstić information content (AvgIpc) is 2.71. The Hall–Kier alpha value is -1.81. The quantitative estimate of drug-likeness (QED) is 0.472. The minimum Gasteiger partial charge on any atom is -0.449 e. The van der Waals surface area contributed by atoms with E-state index in [1.54, 1.807) is 0 Å². The molecule has 1 aliphatic heterocycles. The number of aryl methyl sites for hydroxylation is 1. The van der Waals surface area contributed by atoms with Gasteiger partial charge in [-0.3, -0.25) is 0 Å². The zero-order chi connectivity index (χ0) is 20.9. The summed E-state index contributed by atoms with van der Waals surface area (Å²) in [5.41, 5.74) is 2.64. The standard InChI is InChI=1S/C25H37NO3/c1-5-6-14-26-24(27)29-17-25-16-28-22(13-12-21-10-8-7-9-11-21)23(20(25)4)18(2)15-19(25)3/h7-11,15,19-20,22-23H,5-6,12-14,16-17H2,1-4H3,(H,26,27)/t19?,20-,22?,23?,25+/m0/s1. The van der Waals surface area contributed by atoms with Gasteiger partial charge < -0.3 is 14.8 Å². The topological polar surface area (TPSA) is 47.6 Å². The van der Waals surface area contributed by atoms with Gasteiger partial charge in [0.1, 0.15) is 6.61 Å². The van der Waals surface area contributed by atoms with Crippen LogP contribution in [0.3, 0.4) is 0 Å². The Morgan fingerprint density at radius 2 is 2.03 bits per heavy atom. The summed E-state index contributed by atoms with van der Waals surface area (Å²) in [6, 6.07) is 10.6. The Morgan fingerprint density at radius 3 is 2.76 bits per heavy atom. The summed E-state index contributed by atoms with van der Waals surface area (Å²) in [5, 5.41) is 2.86. The van der Waals surface area contributed by atoms with Crippen molar-refractivity contribution in [3.63, 3.8) is 0 Å². The Balaban J connectivity index is 1.65. The van der Waals surface area contributed by atoms with E-state index in [2.05, 4.69) is 69.4 Å². The fourth-order valence-electron chi connectivity index (χ4n) is 5.22. The van der Waals surface area contributed by atoms with Gasteiger partial charge in [-0.15, -0.1) is 0 Å². The molecule has 1 heterocycles. The van der Waals surface area contributed by atoms with Crippen LogP contribution < -0.4 is 5.32 Å². The Bertz CT molecular complexity index is 701. The molecule has 4 heteroatoms. The fraction of sp³-hybridized carbons (Fsp3) is 0.640. The highest BCUT2D eigenvalue weighted by molar-refractivity contribution is 5.67. The first kappa shape index (κ1) is 21.9. The van der Waals surface area contributed by atoms with Gasteiger partial charge in [0, 0.05) is 17.9 Å². The number of amides is 1. The molecule has 1 N–H and O–H groups in total. The number of benzene rings is 1. The highest BCUT2D eigenvalue weighted by Gasteiger charge is 2.53. The fourth-order valence-corrected chi connectivity index (χ4v) is 5.22. The number of fused-ring (bicyclic) bond motifs is 2. The van der Waals surface area contributed by atoms with E-state index < -0.39 is 0 Å². The van der Waals surface area contributed by atoms with Gasteiger partial charge in [0.25, 0.3) is 0 Å². The summed E-state index contributed by atoms with van der Waals surface area (Å²) >= 11 is 0. The molecule has 1 aliphatic carbocycles. The van der Waals surface area contributed by atoms with Gasteiger partial charge >= 0.3 is 6.09 Å². The summed E-state index contributed by atoms with van der Waals surface area (Å²) in [7, 11) is 0. The van der Waals surface area contributed by atoms with Crippen LogP contribution in [0.4, 0.5) is 4.79 Å². The molecule has 0 saturated carbocycles. The Kier molecular flexibility index (Phi) is 7.39. The molecule has 160 valence electrons. The molecule has 2 bridgehead atoms. The van der Waals surface area contributed by atoms with Crippen LogP contribution in [0.1, 0.15) is 52.5 Å². The number of carbonyl (C=O) groups excluding carboxylic acids is 1. The summed E-state index contributed by atoms with van der Waals surface area (Å²) in [6.45, 7) is 10.7. The number of ether oxygens (including phenoxy) is 2. The maximum Gasteiger partial charge on any atom is 0.407 e. The van der Waals surface area contributed by atoms with Crippen molar-refractivity contribution in [1.82, 2.24) is 5.32 Å². The van der Waals surface area contributed by atoms with Crippen LogP contribution in [-0.2, 0) is 15.9 Å². The second-order valence-corrected chi connectivity index (χ2v) is 8.98. The van der Waals surface area contributed by atoms with E-state index in [0.717, 1.165) is 25.7 Å². The number of carbonyl (C=O) groups is 1. The highest BCUT2D eigenvalue weighted by atomic mass is 16.6. The normalized spacial score (nSPS) is 31.1. The lowest BCUT2D eigenvalue weighted by Gasteiger charge is -2.55. The molecule has 1 fully saturated rings. The van der Waals surface area contributed by atoms with Crippen LogP contribution in [0.15, 0.2) is 42.0 Å². The van der Waals surface area contributed by atoms with Gasteiger partial charge in [-0.2, -0.15) is 0 Å². The largest absolute Gasteiger partial charge is 0.449 e. The van der Waals surface area contributed by atoms with E-state index in [1.807, 2.05) is 0 Å². The lowest BCUT2D eigenvalue weighted by molar-refractivity contribution is -0.164. The van der Waals surface area contributed by atoms with Gasteiger partial charge in [-0.25, -0.2) is 4.79 Å². The molecule has 29 heavy (non-hydrogen) atoms. The third-order valence-corrected chi connectivity index (χ3v) is 7.19. The van der Waals surface area contributed by atoms with Crippen LogP contribution >= 0.6 is 0 Å². The summed E-state index contributed by atoms with van der Waals surface area (Å²) < 4.78 is 12.1.